The molecule has 1 fully saturated rings. The number of para-hydroxylation sites is 1. The van der Waals surface area contributed by atoms with Gasteiger partial charge in [-0.15, -0.1) is 0 Å². The number of hydrogen-bond donors (Lipinski definition) is 0. The molecule has 0 amide bonds. The van der Waals surface area contributed by atoms with E-state index in [2.05, 4.69) is 39.8 Å². The first-order chi connectivity index (χ1) is 14.7. The Morgan fingerprint density at radius 1 is 1.07 bits per heavy atom. The number of benzene rings is 1. The van der Waals surface area contributed by atoms with Crippen LogP contribution in [-0.2, 0) is 11.3 Å². The highest BCUT2D eigenvalue weighted by molar-refractivity contribution is 6.06. The minimum atomic E-state index is 0.146. The molecule has 4 nitrogen and oxygen atoms in total. The minimum absolute atomic E-state index is 0.146. The monoisotopic (exact) mass is 406 g/mol. The number of carbonyl (C=O) groups excluding carboxylic acids is 1. The number of methoxy groups -OCH3 is 1. The second kappa shape index (κ2) is 9.65. The van der Waals surface area contributed by atoms with Gasteiger partial charge in [0.1, 0.15) is 5.76 Å². The van der Waals surface area contributed by atoms with E-state index in [1.54, 1.807) is 14.0 Å². The molecule has 1 aromatic carbocycles. The molecule has 30 heavy (non-hydrogen) atoms. The van der Waals surface area contributed by atoms with Crippen LogP contribution in [-0.4, -0.2) is 42.0 Å². The SMILES string of the molecule is COC1=CCCC=C1C1CCN(CCCCn2cc(C(C)=O)c3ccccc32)CC1. The summed E-state index contributed by atoms with van der Waals surface area (Å²) < 4.78 is 7.86. The Hall–Kier alpha value is -2.33. The van der Waals surface area contributed by atoms with E-state index < -0.39 is 0 Å². The van der Waals surface area contributed by atoms with Crippen LogP contribution in [0.15, 0.2) is 53.9 Å². The fraction of sp³-hybridized carbons (Fsp3) is 0.500. The van der Waals surface area contributed by atoms with Gasteiger partial charge in [0.15, 0.2) is 5.78 Å². The van der Waals surface area contributed by atoms with E-state index >= 15 is 0 Å². The van der Waals surface area contributed by atoms with Gasteiger partial charge in [-0.1, -0.05) is 24.3 Å². The Morgan fingerprint density at radius 3 is 2.57 bits per heavy atom. The normalized spacial score (nSPS) is 18.3. The summed E-state index contributed by atoms with van der Waals surface area (Å²) in [6.45, 7) is 6.15. The van der Waals surface area contributed by atoms with Crippen molar-refractivity contribution in [1.29, 1.82) is 0 Å². The maximum atomic E-state index is 12.0. The van der Waals surface area contributed by atoms with Gasteiger partial charge in [0.2, 0.25) is 0 Å². The van der Waals surface area contributed by atoms with E-state index in [-0.39, 0.29) is 5.78 Å². The van der Waals surface area contributed by atoms with Crippen LogP contribution in [0.4, 0.5) is 0 Å². The lowest BCUT2D eigenvalue weighted by Crippen LogP contribution is -2.35. The first-order valence-corrected chi connectivity index (χ1v) is 11.4. The van der Waals surface area contributed by atoms with Gasteiger partial charge in [-0.2, -0.15) is 0 Å². The smallest absolute Gasteiger partial charge is 0.161 e. The van der Waals surface area contributed by atoms with Crippen LogP contribution in [0.2, 0.25) is 0 Å². The zero-order valence-electron chi connectivity index (χ0n) is 18.4. The van der Waals surface area contributed by atoms with Crippen LogP contribution in [0, 0.1) is 5.92 Å². The fourth-order valence-electron chi connectivity index (χ4n) is 5.04. The number of aromatic nitrogens is 1. The van der Waals surface area contributed by atoms with E-state index in [0.717, 1.165) is 49.1 Å². The van der Waals surface area contributed by atoms with Crippen molar-refractivity contribution in [2.24, 2.45) is 5.92 Å². The molecular weight excluding hydrogens is 372 g/mol. The van der Waals surface area contributed by atoms with Crippen molar-refractivity contribution in [3.63, 3.8) is 0 Å². The zero-order valence-corrected chi connectivity index (χ0v) is 18.4. The molecule has 0 unspecified atom stereocenters. The molecule has 1 saturated heterocycles. The van der Waals surface area contributed by atoms with Gasteiger partial charge >= 0.3 is 0 Å². The van der Waals surface area contributed by atoms with Gasteiger partial charge in [0, 0.05) is 29.2 Å². The molecule has 160 valence electrons. The van der Waals surface area contributed by atoms with Crippen LogP contribution >= 0.6 is 0 Å². The fourth-order valence-corrected chi connectivity index (χ4v) is 5.04. The van der Waals surface area contributed by atoms with Crippen LogP contribution < -0.4 is 0 Å². The van der Waals surface area contributed by atoms with Crippen molar-refractivity contribution in [2.45, 2.75) is 52.0 Å². The van der Waals surface area contributed by atoms with Crippen molar-refractivity contribution in [2.75, 3.05) is 26.7 Å². The summed E-state index contributed by atoms with van der Waals surface area (Å²) >= 11 is 0. The maximum absolute atomic E-state index is 12.0. The van der Waals surface area contributed by atoms with Gasteiger partial charge < -0.3 is 14.2 Å². The molecule has 0 saturated carbocycles. The van der Waals surface area contributed by atoms with Crippen molar-refractivity contribution in [1.82, 2.24) is 9.47 Å². The lowest BCUT2D eigenvalue weighted by atomic mass is 9.85. The highest BCUT2D eigenvalue weighted by Crippen LogP contribution is 2.33. The number of likely N-dealkylation sites (tertiary alicyclic amines) is 1. The van der Waals surface area contributed by atoms with Crippen LogP contribution in [0.25, 0.3) is 10.9 Å². The summed E-state index contributed by atoms with van der Waals surface area (Å²) in [5, 5.41) is 1.08. The van der Waals surface area contributed by atoms with E-state index in [1.807, 2.05) is 12.3 Å². The second-order valence-electron chi connectivity index (χ2n) is 8.64. The number of Topliss-reactive ketones (excluding diaryl/α,β-unsaturated/α-hetero) is 1. The average molecular weight is 407 g/mol. The molecule has 2 heterocycles. The number of unbranched alkanes of at least 4 members (excludes halogenated alkanes) is 1. The first kappa shape index (κ1) is 20.9. The second-order valence-corrected chi connectivity index (χ2v) is 8.64. The van der Waals surface area contributed by atoms with Gasteiger partial charge in [-0.25, -0.2) is 0 Å². The molecule has 2 aromatic rings. The first-order valence-electron chi connectivity index (χ1n) is 11.4. The Morgan fingerprint density at radius 2 is 1.80 bits per heavy atom. The maximum Gasteiger partial charge on any atom is 0.161 e. The largest absolute Gasteiger partial charge is 0.497 e. The van der Waals surface area contributed by atoms with Gasteiger partial charge in [-0.3, -0.25) is 4.79 Å². The summed E-state index contributed by atoms with van der Waals surface area (Å²) in [5.41, 5.74) is 3.46. The number of aryl methyl sites for hydroxylation is 1. The Labute approximate surface area is 180 Å². The van der Waals surface area contributed by atoms with Gasteiger partial charge in [0.25, 0.3) is 0 Å². The Kier molecular flexibility index (Phi) is 6.73. The van der Waals surface area contributed by atoms with Crippen molar-refractivity contribution in [3.05, 3.63) is 59.5 Å². The zero-order chi connectivity index (χ0) is 20.9. The van der Waals surface area contributed by atoms with Gasteiger partial charge in [0.05, 0.1) is 7.11 Å². The number of fused-ring (bicyclic) bond motifs is 1. The molecule has 1 aliphatic heterocycles. The molecule has 0 atom stereocenters. The average Bonchev–Trinajstić information content (AvgIpc) is 3.16. The number of ketones is 1. The third-order valence-electron chi connectivity index (χ3n) is 6.68. The van der Waals surface area contributed by atoms with E-state index in [9.17, 15) is 4.79 Å². The minimum Gasteiger partial charge on any atom is -0.497 e. The highest BCUT2D eigenvalue weighted by atomic mass is 16.5. The number of allylic oxidation sites excluding steroid dienone is 3. The molecule has 2 aliphatic rings. The predicted octanol–water partition coefficient (Wildman–Crippen LogP) is 5.59. The number of carbonyl (C=O) groups is 1. The number of nitrogens with zero attached hydrogens (tertiary/aromatic N) is 2. The number of ether oxygens (including phenoxy) is 1. The third kappa shape index (κ3) is 4.54. The van der Waals surface area contributed by atoms with E-state index in [4.69, 9.17) is 4.74 Å². The third-order valence-corrected chi connectivity index (χ3v) is 6.68. The van der Waals surface area contributed by atoms with E-state index in [1.165, 1.54) is 43.4 Å². The number of hydrogen-bond acceptors (Lipinski definition) is 3. The number of rotatable bonds is 8. The van der Waals surface area contributed by atoms with Crippen LogP contribution in [0.5, 0.6) is 0 Å². The van der Waals surface area contributed by atoms with Gasteiger partial charge in [-0.05, 0) is 88.7 Å². The Bertz CT molecular complexity index is 945. The molecule has 1 aromatic heterocycles. The highest BCUT2D eigenvalue weighted by Gasteiger charge is 2.25. The summed E-state index contributed by atoms with van der Waals surface area (Å²) in [6.07, 6.45) is 13.7. The quantitative estimate of drug-likeness (QED) is 0.423. The summed E-state index contributed by atoms with van der Waals surface area (Å²) in [7, 11) is 1.80. The standard InChI is InChI=1S/C26H34N2O2/c1-20(29)24-19-28(25-11-5-3-10-23(24)25)16-8-7-15-27-17-13-21(14-18-27)22-9-4-6-12-26(22)30-2/h3,5,9-12,19,21H,4,6-8,13-18H2,1-2H3. The van der Waals surface area contributed by atoms with Crippen molar-refractivity contribution in [3.8, 4) is 0 Å². The summed E-state index contributed by atoms with van der Waals surface area (Å²) in [4.78, 5) is 14.6. The molecule has 0 bridgehead atoms. The molecular formula is C26H34N2O2. The topological polar surface area (TPSA) is 34.5 Å². The lowest BCUT2D eigenvalue weighted by molar-refractivity contribution is 0.101. The van der Waals surface area contributed by atoms with Crippen molar-refractivity contribution >= 4 is 16.7 Å². The molecule has 0 spiro atoms. The number of piperidine rings is 1. The molecule has 4 heteroatoms. The van der Waals surface area contributed by atoms with Crippen molar-refractivity contribution < 1.29 is 9.53 Å². The molecule has 4 rings (SSSR count). The van der Waals surface area contributed by atoms with Crippen LogP contribution in [0.3, 0.4) is 0 Å². The predicted molar refractivity (Wildman–Crippen MR) is 123 cm³/mol. The summed E-state index contributed by atoms with van der Waals surface area (Å²) in [6, 6.07) is 8.24. The molecule has 0 radical (unpaired) electrons. The van der Waals surface area contributed by atoms with E-state index in [0.29, 0.717) is 5.92 Å². The lowest BCUT2D eigenvalue weighted by Gasteiger charge is -2.34. The summed E-state index contributed by atoms with van der Waals surface area (Å²) in [5.74, 6) is 1.92. The molecule has 1 aliphatic carbocycles. The molecule has 0 N–H and O–H groups in total. The Balaban J connectivity index is 1.25. The van der Waals surface area contributed by atoms with Crippen LogP contribution in [0.1, 0.15) is 55.8 Å².